The molecule has 26 heavy (non-hydrogen) atoms. The zero-order valence-corrected chi connectivity index (χ0v) is 15.4. The van der Waals surface area contributed by atoms with Crippen molar-refractivity contribution < 1.29 is 13.5 Å². The molecule has 1 aromatic carbocycles. The molecule has 1 aliphatic heterocycles. The summed E-state index contributed by atoms with van der Waals surface area (Å²) < 4.78 is 26.7. The maximum atomic E-state index is 12.6. The number of aromatic hydroxyl groups is 1. The Labute approximate surface area is 153 Å². The summed E-state index contributed by atoms with van der Waals surface area (Å²) >= 11 is 0. The molecule has 138 valence electrons. The first-order valence-corrected chi connectivity index (χ1v) is 9.97. The molecule has 0 aliphatic carbocycles. The molecule has 0 saturated carbocycles. The summed E-state index contributed by atoms with van der Waals surface area (Å²) in [5, 5.41) is 13.6. The van der Waals surface area contributed by atoms with Gasteiger partial charge in [0.25, 0.3) is 0 Å². The van der Waals surface area contributed by atoms with Crippen LogP contribution in [-0.4, -0.2) is 41.6 Å². The van der Waals surface area contributed by atoms with Crippen LogP contribution >= 0.6 is 0 Å². The molecule has 2 N–H and O–H groups in total. The highest BCUT2D eigenvalue weighted by atomic mass is 32.2. The van der Waals surface area contributed by atoms with Crippen molar-refractivity contribution in [1.29, 1.82) is 0 Å². The monoisotopic (exact) mass is 374 g/mol. The average molecular weight is 374 g/mol. The molecule has 2 heterocycles. The second-order valence-electron chi connectivity index (χ2n) is 6.20. The van der Waals surface area contributed by atoms with Gasteiger partial charge in [0.1, 0.15) is 16.5 Å². The quantitative estimate of drug-likeness (QED) is 0.620. The number of hydrazone groups is 1. The summed E-state index contributed by atoms with van der Waals surface area (Å²) in [4.78, 5) is 4.35. The van der Waals surface area contributed by atoms with E-state index < -0.39 is 10.0 Å². The van der Waals surface area contributed by atoms with Gasteiger partial charge in [-0.15, -0.1) is 0 Å². The minimum Gasteiger partial charge on any atom is -0.508 e. The van der Waals surface area contributed by atoms with E-state index >= 15 is 0 Å². The van der Waals surface area contributed by atoms with Gasteiger partial charge in [0, 0.05) is 19.3 Å². The van der Waals surface area contributed by atoms with Gasteiger partial charge in [0.15, 0.2) is 0 Å². The van der Waals surface area contributed by atoms with Gasteiger partial charge in [-0.05, 0) is 61.7 Å². The number of nitrogens with one attached hydrogen (secondary N) is 1. The van der Waals surface area contributed by atoms with Crippen molar-refractivity contribution >= 4 is 21.6 Å². The van der Waals surface area contributed by atoms with Crippen molar-refractivity contribution in [2.24, 2.45) is 5.10 Å². The number of phenolic OH excluding ortho intramolecular Hbond substituents is 1. The third-order valence-corrected chi connectivity index (χ3v) is 6.19. The minimum atomic E-state index is -3.47. The first kappa shape index (κ1) is 18.3. The Morgan fingerprint density at radius 3 is 2.42 bits per heavy atom. The maximum absolute atomic E-state index is 12.6. The molecule has 8 heteroatoms. The second kappa shape index (κ2) is 7.84. The molecule has 0 radical (unpaired) electrons. The topological polar surface area (TPSA) is 94.9 Å². The predicted octanol–water partition coefficient (Wildman–Crippen LogP) is 2.80. The van der Waals surface area contributed by atoms with Gasteiger partial charge in [-0.2, -0.15) is 9.41 Å². The standard InChI is InChI=1S/C18H22N4O3S/c1-14(15-5-7-16(23)8-6-15)20-21-18-10-9-17(13-19-18)26(24,25)22-11-3-2-4-12-22/h5-10,13,23H,2-4,11-12H2,1H3,(H,19,21)/b20-14-. The van der Waals surface area contributed by atoms with Crippen LogP contribution in [0, 0.1) is 0 Å². The molecule has 0 bridgehead atoms. The smallest absolute Gasteiger partial charge is 0.244 e. The summed E-state index contributed by atoms with van der Waals surface area (Å²) in [5.41, 5.74) is 4.40. The molecule has 1 fully saturated rings. The van der Waals surface area contributed by atoms with Gasteiger partial charge in [-0.3, -0.25) is 5.43 Å². The van der Waals surface area contributed by atoms with E-state index in [1.165, 1.54) is 10.5 Å². The van der Waals surface area contributed by atoms with Gasteiger partial charge in [-0.25, -0.2) is 13.4 Å². The van der Waals surface area contributed by atoms with Crippen LogP contribution in [0.4, 0.5) is 5.82 Å². The van der Waals surface area contributed by atoms with Crippen LogP contribution in [0.1, 0.15) is 31.7 Å². The van der Waals surface area contributed by atoms with Crippen molar-refractivity contribution in [2.45, 2.75) is 31.1 Å². The summed E-state index contributed by atoms with van der Waals surface area (Å²) in [6.07, 6.45) is 4.23. The van der Waals surface area contributed by atoms with E-state index in [0.29, 0.717) is 18.9 Å². The zero-order valence-electron chi connectivity index (χ0n) is 14.6. The van der Waals surface area contributed by atoms with Gasteiger partial charge in [0.2, 0.25) is 10.0 Å². The highest BCUT2D eigenvalue weighted by molar-refractivity contribution is 7.89. The number of rotatable bonds is 5. The molecule has 0 unspecified atom stereocenters. The number of benzene rings is 1. The predicted molar refractivity (Wildman–Crippen MR) is 101 cm³/mol. The number of anilines is 1. The fourth-order valence-electron chi connectivity index (χ4n) is 2.76. The molecule has 7 nitrogen and oxygen atoms in total. The molecular formula is C18H22N4O3S. The van der Waals surface area contributed by atoms with E-state index in [2.05, 4.69) is 15.5 Å². The lowest BCUT2D eigenvalue weighted by Crippen LogP contribution is -2.35. The van der Waals surface area contributed by atoms with Gasteiger partial charge >= 0.3 is 0 Å². The average Bonchev–Trinajstić information content (AvgIpc) is 2.67. The summed E-state index contributed by atoms with van der Waals surface area (Å²) in [7, 11) is -3.47. The van der Waals surface area contributed by atoms with E-state index in [1.807, 2.05) is 6.92 Å². The largest absolute Gasteiger partial charge is 0.508 e. The van der Waals surface area contributed by atoms with Crippen LogP contribution < -0.4 is 5.43 Å². The Bertz CT molecular complexity index is 872. The Balaban J connectivity index is 1.69. The number of sulfonamides is 1. The fourth-order valence-corrected chi connectivity index (χ4v) is 4.22. The molecule has 3 rings (SSSR count). The maximum Gasteiger partial charge on any atom is 0.244 e. The highest BCUT2D eigenvalue weighted by Gasteiger charge is 2.26. The lowest BCUT2D eigenvalue weighted by atomic mass is 10.1. The summed E-state index contributed by atoms with van der Waals surface area (Å²) in [6, 6.07) is 9.85. The SMILES string of the molecule is C/C(=N/Nc1ccc(S(=O)(=O)N2CCCCC2)cn1)c1ccc(O)cc1. The van der Waals surface area contributed by atoms with Crippen LogP contribution in [0.2, 0.25) is 0 Å². The number of hydrogen-bond acceptors (Lipinski definition) is 6. The van der Waals surface area contributed by atoms with Crippen LogP contribution in [0.15, 0.2) is 52.6 Å². The fraction of sp³-hybridized carbons (Fsp3) is 0.333. The zero-order chi connectivity index (χ0) is 18.6. The number of aromatic nitrogens is 1. The van der Waals surface area contributed by atoms with Crippen LogP contribution in [0.25, 0.3) is 0 Å². The highest BCUT2D eigenvalue weighted by Crippen LogP contribution is 2.20. The summed E-state index contributed by atoms with van der Waals surface area (Å²) in [5.74, 6) is 0.655. The number of pyridine rings is 1. The van der Waals surface area contributed by atoms with Gasteiger partial charge < -0.3 is 5.11 Å². The number of phenols is 1. The third-order valence-electron chi connectivity index (χ3n) is 4.31. The molecule has 2 aromatic rings. The molecule has 0 amide bonds. The van der Waals surface area contributed by atoms with Crippen LogP contribution in [0.5, 0.6) is 5.75 Å². The normalized spacial score (nSPS) is 16.4. The first-order chi connectivity index (χ1) is 12.5. The summed E-state index contributed by atoms with van der Waals surface area (Å²) in [6.45, 7) is 2.96. The Morgan fingerprint density at radius 2 is 1.81 bits per heavy atom. The molecular weight excluding hydrogens is 352 g/mol. The number of hydrogen-bond donors (Lipinski definition) is 2. The second-order valence-corrected chi connectivity index (χ2v) is 8.14. The number of nitrogens with zero attached hydrogens (tertiary/aromatic N) is 3. The van der Waals surface area contributed by atoms with Gasteiger partial charge in [0.05, 0.1) is 5.71 Å². The van der Waals surface area contributed by atoms with E-state index in [1.54, 1.807) is 36.4 Å². The molecule has 0 spiro atoms. The van der Waals surface area contributed by atoms with E-state index in [4.69, 9.17) is 0 Å². The molecule has 1 saturated heterocycles. The Kier molecular flexibility index (Phi) is 5.53. The Hall–Kier alpha value is -2.45. The Morgan fingerprint density at radius 1 is 1.12 bits per heavy atom. The lowest BCUT2D eigenvalue weighted by Gasteiger charge is -2.25. The van der Waals surface area contributed by atoms with Crippen molar-refractivity contribution in [2.75, 3.05) is 18.5 Å². The van der Waals surface area contributed by atoms with E-state index in [0.717, 1.165) is 30.5 Å². The molecule has 1 aromatic heterocycles. The first-order valence-electron chi connectivity index (χ1n) is 8.53. The lowest BCUT2D eigenvalue weighted by molar-refractivity contribution is 0.346. The van der Waals surface area contributed by atoms with Crippen molar-refractivity contribution in [3.63, 3.8) is 0 Å². The number of piperidine rings is 1. The minimum absolute atomic E-state index is 0.196. The third kappa shape index (κ3) is 4.20. The van der Waals surface area contributed by atoms with E-state index in [-0.39, 0.29) is 10.6 Å². The van der Waals surface area contributed by atoms with Gasteiger partial charge in [-0.1, -0.05) is 6.42 Å². The molecule has 0 atom stereocenters. The van der Waals surface area contributed by atoms with E-state index in [9.17, 15) is 13.5 Å². The van der Waals surface area contributed by atoms with Crippen LogP contribution in [-0.2, 0) is 10.0 Å². The van der Waals surface area contributed by atoms with Crippen LogP contribution in [0.3, 0.4) is 0 Å². The van der Waals surface area contributed by atoms with Crippen molar-refractivity contribution in [3.05, 3.63) is 48.2 Å². The van der Waals surface area contributed by atoms with Crippen molar-refractivity contribution in [3.8, 4) is 5.75 Å². The van der Waals surface area contributed by atoms with Crippen molar-refractivity contribution in [1.82, 2.24) is 9.29 Å². The molecule has 1 aliphatic rings.